The van der Waals surface area contributed by atoms with Crippen LogP contribution in [0.3, 0.4) is 0 Å². The van der Waals surface area contributed by atoms with Crippen LogP contribution in [-0.2, 0) is 6.42 Å². The molecular formula is C15H14N6O2. The first-order valence-electron chi connectivity index (χ1n) is 7.29. The Morgan fingerprint density at radius 1 is 1.26 bits per heavy atom. The predicted molar refractivity (Wildman–Crippen MR) is 84.2 cm³/mol. The number of hydrogen-bond acceptors (Lipinski definition) is 5. The summed E-state index contributed by atoms with van der Waals surface area (Å²) in [5.74, 6) is 0.826. The highest BCUT2D eigenvalue weighted by Crippen LogP contribution is 2.33. The van der Waals surface area contributed by atoms with E-state index in [2.05, 4.69) is 37.5 Å². The van der Waals surface area contributed by atoms with E-state index in [-0.39, 0.29) is 5.95 Å². The summed E-state index contributed by atoms with van der Waals surface area (Å²) in [4.78, 5) is 17.4. The molecule has 1 amide bonds. The van der Waals surface area contributed by atoms with Crippen molar-refractivity contribution in [1.29, 1.82) is 0 Å². The van der Waals surface area contributed by atoms with Crippen molar-refractivity contribution >= 4 is 29.2 Å². The lowest BCUT2D eigenvalue weighted by Crippen LogP contribution is -2.25. The second-order valence-electron chi connectivity index (χ2n) is 5.28. The van der Waals surface area contributed by atoms with E-state index in [0.717, 1.165) is 25.1 Å². The molecule has 0 saturated heterocycles. The van der Waals surface area contributed by atoms with Gasteiger partial charge in [-0.3, -0.25) is 9.72 Å². The fourth-order valence-corrected chi connectivity index (χ4v) is 2.94. The summed E-state index contributed by atoms with van der Waals surface area (Å²) >= 11 is 0. The molecule has 0 radical (unpaired) electrons. The zero-order valence-electron chi connectivity index (χ0n) is 12.2. The topological polar surface area (TPSA) is 95.6 Å². The largest absolute Gasteiger partial charge is 0.465 e. The van der Waals surface area contributed by atoms with Crippen LogP contribution >= 0.6 is 0 Å². The number of anilines is 3. The van der Waals surface area contributed by atoms with Gasteiger partial charge in [-0.1, -0.05) is 18.2 Å². The van der Waals surface area contributed by atoms with Crippen LogP contribution in [0, 0.1) is 0 Å². The molecule has 0 unspecified atom stereocenters. The second kappa shape index (κ2) is 5.24. The van der Waals surface area contributed by atoms with Crippen molar-refractivity contribution in [3.05, 3.63) is 42.2 Å². The van der Waals surface area contributed by atoms with Gasteiger partial charge in [0.1, 0.15) is 0 Å². The Balaban J connectivity index is 1.84. The lowest BCUT2D eigenvalue weighted by Gasteiger charge is -2.30. The Labute approximate surface area is 131 Å². The zero-order valence-corrected chi connectivity index (χ0v) is 12.2. The number of benzene rings is 1. The molecule has 2 N–H and O–H groups in total. The van der Waals surface area contributed by atoms with Crippen molar-refractivity contribution in [2.75, 3.05) is 16.8 Å². The third-order valence-corrected chi connectivity index (χ3v) is 3.89. The van der Waals surface area contributed by atoms with E-state index in [1.54, 1.807) is 16.8 Å². The summed E-state index contributed by atoms with van der Waals surface area (Å²) in [6.07, 6.45) is 4.14. The van der Waals surface area contributed by atoms with Gasteiger partial charge in [0.25, 0.3) is 0 Å². The average Bonchev–Trinajstić information content (AvgIpc) is 2.97. The molecule has 1 aliphatic heterocycles. The van der Waals surface area contributed by atoms with Gasteiger partial charge in [0.2, 0.25) is 11.6 Å². The van der Waals surface area contributed by atoms with Gasteiger partial charge in [0.05, 0.1) is 0 Å². The van der Waals surface area contributed by atoms with E-state index in [4.69, 9.17) is 5.11 Å². The van der Waals surface area contributed by atoms with Crippen LogP contribution in [0.4, 0.5) is 22.2 Å². The molecule has 0 saturated carbocycles. The van der Waals surface area contributed by atoms with Crippen molar-refractivity contribution in [2.24, 2.45) is 0 Å². The van der Waals surface area contributed by atoms with Crippen molar-refractivity contribution in [3.63, 3.8) is 0 Å². The van der Waals surface area contributed by atoms with Gasteiger partial charge in [-0.2, -0.15) is 0 Å². The number of aromatic nitrogens is 4. The number of para-hydroxylation sites is 1. The number of carbonyl (C=O) groups is 1. The molecule has 2 aromatic heterocycles. The van der Waals surface area contributed by atoms with Gasteiger partial charge < -0.3 is 10.0 Å². The fraction of sp³-hybridized carbons (Fsp3) is 0.200. The molecular weight excluding hydrogens is 296 g/mol. The number of hydrogen-bond donors (Lipinski definition) is 2. The molecule has 0 spiro atoms. The van der Waals surface area contributed by atoms with E-state index in [1.165, 1.54) is 5.56 Å². The van der Waals surface area contributed by atoms with Crippen molar-refractivity contribution < 1.29 is 9.90 Å². The first kappa shape index (κ1) is 13.5. The predicted octanol–water partition coefficient (Wildman–Crippen LogP) is 2.30. The Morgan fingerprint density at radius 3 is 3.00 bits per heavy atom. The third-order valence-electron chi connectivity index (χ3n) is 3.89. The molecule has 1 aromatic carbocycles. The van der Waals surface area contributed by atoms with E-state index in [9.17, 15) is 4.79 Å². The van der Waals surface area contributed by atoms with E-state index >= 15 is 0 Å². The van der Waals surface area contributed by atoms with E-state index < -0.39 is 6.09 Å². The van der Waals surface area contributed by atoms with E-state index in [1.807, 2.05) is 12.1 Å². The highest BCUT2D eigenvalue weighted by Gasteiger charge is 2.22. The van der Waals surface area contributed by atoms with Crippen molar-refractivity contribution in [3.8, 4) is 0 Å². The van der Waals surface area contributed by atoms with Gasteiger partial charge in [-0.15, -0.1) is 10.2 Å². The van der Waals surface area contributed by atoms with Crippen LogP contribution in [0.15, 0.2) is 36.7 Å². The molecule has 4 rings (SSSR count). The highest BCUT2D eigenvalue weighted by molar-refractivity contribution is 5.82. The summed E-state index contributed by atoms with van der Waals surface area (Å²) < 4.78 is 1.59. The first-order valence-corrected chi connectivity index (χ1v) is 7.29. The summed E-state index contributed by atoms with van der Waals surface area (Å²) in [5.41, 5.74) is 2.90. The van der Waals surface area contributed by atoms with Crippen LogP contribution in [0.1, 0.15) is 12.0 Å². The van der Waals surface area contributed by atoms with Gasteiger partial charge in [0, 0.05) is 24.6 Å². The number of amides is 1. The summed E-state index contributed by atoms with van der Waals surface area (Å²) in [6, 6.07) is 8.20. The maximum atomic E-state index is 10.8. The molecule has 1 aliphatic rings. The Morgan fingerprint density at radius 2 is 2.13 bits per heavy atom. The normalized spacial score (nSPS) is 13.8. The number of fused-ring (bicyclic) bond motifs is 2. The van der Waals surface area contributed by atoms with Gasteiger partial charge in [-0.05, 0) is 24.5 Å². The van der Waals surface area contributed by atoms with Crippen LogP contribution in [0.2, 0.25) is 0 Å². The molecule has 0 bridgehead atoms. The second-order valence-corrected chi connectivity index (χ2v) is 5.28. The Hall–Kier alpha value is -3.16. The smallest absolute Gasteiger partial charge is 0.411 e. The molecule has 8 heteroatoms. The molecule has 8 nitrogen and oxygen atoms in total. The minimum atomic E-state index is -1.18. The fourth-order valence-electron chi connectivity index (χ4n) is 2.94. The van der Waals surface area contributed by atoms with Crippen LogP contribution < -0.4 is 10.2 Å². The SMILES string of the molecule is O=C(O)Nc1nnc2c(N3CCCc4ccccc43)nccn12. The molecule has 0 atom stereocenters. The number of nitrogens with one attached hydrogen (secondary N) is 1. The van der Waals surface area contributed by atoms with Crippen molar-refractivity contribution in [1.82, 2.24) is 19.6 Å². The third kappa shape index (κ3) is 2.24. The first-order chi connectivity index (χ1) is 11.2. The standard InChI is InChI=1S/C15H14N6O2/c22-15(23)17-14-19-18-13-12(16-7-9-21(13)14)20-8-3-5-10-4-1-2-6-11(10)20/h1-2,4,6-7,9H,3,5,8H2,(H,17,19)(H,22,23). The lowest BCUT2D eigenvalue weighted by molar-refractivity contribution is 0.209. The zero-order chi connectivity index (χ0) is 15.8. The molecule has 23 heavy (non-hydrogen) atoms. The lowest BCUT2D eigenvalue weighted by atomic mass is 10.0. The van der Waals surface area contributed by atoms with Crippen LogP contribution in [0.5, 0.6) is 0 Å². The maximum absolute atomic E-state index is 10.8. The molecule has 116 valence electrons. The van der Waals surface area contributed by atoms with Crippen molar-refractivity contribution in [2.45, 2.75) is 12.8 Å². The summed E-state index contributed by atoms with van der Waals surface area (Å²) in [5, 5.41) is 19.1. The van der Waals surface area contributed by atoms with Gasteiger partial charge in [-0.25, -0.2) is 9.78 Å². The molecule has 3 heterocycles. The maximum Gasteiger partial charge on any atom is 0.411 e. The van der Waals surface area contributed by atoms with Gasteiger partial charge in [0.15, 0.2) is 5.82 Å². The average molecular weight is 310 g/mol. The monoisotopic (exact) mass is 310 g/mol. The molecule has 0 aliphatic carbocycles. The Bertz CT molecular complexity index is 891. The number of aryl methyl sites for hydroxylation is 1. The molecule has 0 fully saturated rings. The van der Waals surface area contributed by atoms with Gasteiger partial charge >= 0.3 is 6.09 Å². The van der Waals surface area contributed by atoms with Crippen LogP contribution in [-0.4, -0.2) is 37.3 Å². The Kier molecular flexibility index (Phi) is 3.07. The number of rotatable bonds is 2. The number of carboxylic acid groups (broad SMARTS) is 1. The highest BCUT2D eigenvalue weighted by atomic mass is 16.4. The number of nitrogens with zero attached hydrogens (tertiary/aromatic N) is 5. The summed E-state index contributed by atoms with van der Waals surface area (Å²) in [7, 11) is 0. The molecule has 3 aromatic rings. The van der Waals surface area contributed by atoms with E-state index in [0.29, 0.717) is 11.5 Å². The quantitative estimate of drug-likeness (QED) is 0.754. The minimum absolute atomic E-state index is 0.154. The minimum Gasteiger partial charge on any atom is -0.465 e. The van der Waals surface area contributed by atoms with Crippen LogP contribution in [0.25, 0.3) is 5.65 Å². The summed E-state index contributed by atoms with van der Waals surface area (Å²) in [6.45, 7) is 0.832.